The molecule has 1 amide bonds. The van der Waals surface area contributed by atoms with Crippen molar-refractivity contribution in [3.63, 3.8) is 0 Å². The lowest BCUT2D eigenvalue weighted by molar-refractivity contribution is 0.0933. The number of hydrogen-bond acceptors (Lipinski definition) is 5. The van der Waals surface area contributed by atoms with Crippen LogP contribution >= 0.6 is 11.3 Å². The van der Waals surface area contributed by atoms with Crippen molar-refractivity contribution in [2.75, 3.05) is 20.2 Å². The summed E-state index contributed by atoms with van der Waals surface area (Å²) >= 11 is 1.42. The largest absolute Gasteiger partial charge is 0.497 e. The summed E-state index contributed by atoms with van der Waals surface area (Å²) in [5.41, 5.74) is 0.992. The number of rotatable bonds is 4. The Bertz CT molecular complexity index is 633. The van der Waals surface area contributed by atoms with Gasteiger partial charge in [-0.3, -0.25) is 4.79 Å². The molecule has 2 aromatic rings. The summed E-state index contributed by atoms with van der Waals surface area (Å²) in [6.07, 6.45) is 3.62. The summed E-state index contributed by atoms with van der Waals surface area (Å²) in [5, 5.41) is 7.23. The number of thiazole rings is 1. The van der Waals surface area contributed by atoms with Crippen LogP contribution in [0.5, 0.6) is 5.75 Å². The van der Waals surface area contributed by atoms with Crippen LogP contribution in [-0.4, -0.2) is 37.1 Å². The van der Waals surface area contributed by atoms with E-state index in [0.717, 1.165) is 42.3 Å². The Morgan fingerprint density at radius 2 is 2.05 bits per heavy atom. The SMILES string of the molecule is COc1ccc(-c2ncc(C(=O)NC3CCNCC3)s2)cc1. The Morgan fingerprint density at radius 3 is 2.73 bits per heavy atom. The van der Waals surface area contributed by atoms with E-state index in [1.54, 1.807) is 13.3 Å². The van der Waals surface area contributed by atoms with E-state index in [1.807, 2.05) is 24.3 Å². The predicted octanol–water partition coefficient (Wildman–Crippen LogP) is 2.30. The van der Waals surface area contributed by atoms with Crippen molar-refractivity contribution in [2.45, 2.75) is 18.9 Å². The quantitative estimate of drug-likeness (QED) is 0.908. The molecule has 0 bridgehead atoms. The van der Waals surface area contributed by atoms with E-state index in [4.69, 9.17) is 4.74 Å². The molecule has 1 aliphatic rings. The summed E-state index contributed by atoms with van der Waals surface area (Å²) in [4.78, 5) is 17.3. The highest BCUT2D eigenvalue weighted by Crippen LogP contribution is 2.26. The van der Waals surface area contributed by atoms with Gasteiger partial charge in [0.15, 0.2) is 0 Å². The van der Waals surface area contributed by atoms with Crippen LogP contribution in [0.25, 0.3) is 10.6 Å². The third-order valence-electron chi connectivity index (χ3n) is 3.74. The number of carbonyl (C=O) groups excluding carboxylic acids is 1. The van der Waals surface area contributed by atoms with Crippen molar-refractivity contribution in [3.05, 3.63) is 35.3 Å². The molecule has 5 nitrogen and oxygen atoms in total. The fourth-order valence-electron chi connectivity index (χ4n) is 2.47. The van der Waals surface area contributed by atoms with Gasteiger partial charge in [0.25, 0.3) is 5.91 Å². The van der Waals surface area contributed by atoms with Crippen LogP contribution in [0.1, 0.15) is 22.5 Å². The van der Waals surface area contributed by atoms with Crippen LogP contribution in [-0.2, 0) is 0 Å². The Labute approximate surface area is 133 Å². The van der Waals surface area contributed by atoms with E-state index >= 15 is 0 Å². The van der Waals surface area contributed by atoms with Crippen LogP contribution in [0, 0.1) is 0 Å². The highest BCUT2D eigenvalue weighted by molar-refractivity contribution is 7.16. The van der Waals surface area contributed by atoms with Gasteiger partial charge in [0.2, 0.25) is 0 Å². The van der Waals surface area contributed by atoms with E-state index in [0.29, 0.717) is 4.88 Å². The van der Waals surface area contributed by atoms with Crippen LogP contribution < -0.4 is 15.4 Å². The molecule has 22 heavy (non-hydrogen) atoms. The molecule has 116 valence electrons. The first-order valence-corrected chi connectivity index (χ1v) is 8.20. The fourth-order valence-corrected chi connectivity index (χ4v) is 3.29. The number of nitrogens with zero attached hydrogens (tertiary/aromatic N) is 1. The van der Waals surface area contributed by atoms with Crippen LogP contribution in [0.4, 0.5) is 0 Å². The lowest BCUT2D eigenvalue weighted by atomic mass is 10.1. The normalized spacial score (nSPS) is 15.5. The number of ether oxygens (including phenoxy) is 1. The van der Waals surface area contributed by atoms with Gasteiger partial charge in [0, 0.05) is 11.6 Å². The molecule has 0 radical (unpaired) electrons. The van der Waals surface area contributed by atoms with Gasteiger partial charge in [0.1, 0.15) is 15.6 Å². The van der Waals surface area contributed by atoms with E-state index in [9.17, 15) is 4.79 Å². The van der Waals surface area contributed by atoms with E-state index < -0.39 is 0 Å². The molecule has 0 saturated carbocycles. The lowest BCUT2D eigenvalue weighted by Crippen LogP contribution is -2.42. The van der Waals surface area contributed by atoms with E-state index in [1.165, 1.54) is 11.3 Å². The molecule has 6 heteroatoms. The smallest absolute Gasteiger partial charge is 0.263 e. The molecule has 0 aliphatic carbocycles. The monoisotopic (exact) mass is 317 g/mol. The summed E-state index contributed by atoms with van der Waals surface area (Å²) in [7, 11) is 1.64. The third kappa shape index (κ3) is 3.45. The van der Waals surface area contributed by atoms with E-state index in [2.05, 4.69) is 15.6 Å². The average molecular weight is 317 g/mol. The number of piperidine rings is 1. The molecule has 0 spiro atoms. The highest BCUT2D eigenvalue weighted by Gasteiger charge is 2.18. The number of aromatic nitrogens is 1. The number of methoxy groups -OCH3 is 1. The van der Waals surface area contributed by atoms with Crippen molar-refractivity contribution in [3.8, 4) is 16.3 Å². The standard InChI is InChI=1S/C16H19N3O2S/c1-21-13-4-2-11(3-5-13)16-18-10-14(22-16)15(20)19-12-6-8-17-9-7-12/h2-5,10,12,17H,6-9H2,1H3,(H,19,20). The van der Waals surface area contributed by atoms with Gasteiger partial charge < -0.3 is 15.4 Å². The molecule has 1 aromatic carbocycles. The summed E-state index contributed by atoms with van der Waals surface area (Å²) in [6.45, 7) is 1.93. The predicted molar refractivity (Wildman–Crippen MR) is 87.5 cm³/mol. The second-order valence-electron chi connectivity index (χ2n) is 5.26. The molecule has 2 N–H and O–H groups in total. The lowest BCUT2D eigenvalue weighted by Gasteiger charge is -2.23. The minimum absolute atomic E-state index is 0.0239. The van der Waals surface area contributed by atoms with Gasteiger partial charge in [-0.15, -0.1) is 11.3 Å². The van der Waals surface area contributed by atoms with Crippen LogP contribution in [0.3, 0.4) is 0 Å². The maximum Gasteiger partial charge on any atom is 0.263 e. The zero-order valence-electron chi connectivity index (χ0n) is 12.5. The van der Waals surface area contributed by atoms with Crippen molar-refractivity contribution in [1.82, 2.24) is 15.6 Å². The summed E-state index contributed by atoms with van der Waals surface area (Å²) < 4.78 is 5.15. The average Bonchev–Trinajstić information content (AvgIpc) is 3.06. The molecule has 0 atom stereocenters. The zero-order chi connectivity index (χ0) is 15.4. The first-order valence-electron chi connectivity index (χ1n) is 7.38. The Balaban J connectivity index is 1.68. The maximum absolute atomic E-state index is 12.3. The van der Waals surface area contributed by atoms with Gasteiger partial charge >= 0.3 is 0 Å². The summed E-state index contributed by atoms with van der Waals surface area (Å²) in [5.74, 6) is 0.786. The zero-order valence-corrected chi connectivity index (χ0v) is 13.3. The fraction of sp³-hybridized carbons (Fsp3) is 0.375. The minimum atomic E-state index is -0.0239. The maximum atomic E-state index is 12.3. The van der Waals surface area contributed by atoms with Crippen molar-refractivity contribution < 1.29 is 9.53 Å². The first kappa shape index (κ1) is 15.0. The number of amides is 1. The minimum Gasteiger partial charge on any atom is -0.497 e. The number of benzene rings is 1. The molecule has 3 rings (SSSR count). The van der Waals surface area contributed by atoms with Crippen LogP contribution in [0.15, 0.2) is 30.5 Å². The Morgan fingerprint density at radius 1 is 1.32 bits per heavy atom. The van der Waals surface area contributed by atoms with Crippen LogP contribution in [0.2, 0.25) is 0 Å². The van der Waals surface area contributed by atoms with Crippen molar-refractivity contribution in [2.24, 2.45) is 0 Å². The molecule has 2 heterocycles. The van der Waals surface area contributed by atoms with Gasteiger partial charge in [-0.1, -0.05) is 0 Å². The van der Waals surface area contributed by atoms with Crippen molar-refractivity contribution >= 4 is 17.2 Å². The molecule has 0 unspecified atom stereocenters. The number of carbonyl (C=O) groups is 1. The summed E-state index contributed by atoms with van der Waals surface area (Å²) in [6, 6.07) is 7.95. The molecular formula is C16H19N3O2S. The first-order chi connectivity index (χ1) is 10.8. The van der Waals surface area contributed by atoms with Gasteiger partial charge in [-0.25, -0.2) is 4.98 Å². The number of hydrogen-bond donors (Lipinski definition) is 2. The third-order valence-corrected chi connectivity index (χ3v) is 4.79. The van der Waals surface area contributed by atoms with E-state index in [-0.39, 0.29) is 11.9 Å². The molecule has 1 saturated heterocycles. The second-order valence-corrected chi connectivity index (χ2v) is 6.29. The Kier molecular flexibility index (Phi) is 4.70. The molecular weight excluding hydrogens is 298 g/mol. The molecule has 1 aliphatic heterocycles. The highest BCUT2D eigenvalue weighted by atomic mass is 32.1. The van der Waals surface area contributed by atoms with Gasteiger partial charge in [-0.05, 0) is 50.2 Å². The molecule has 1 aromatic heterocycles. The Hall–Kier alpha value is -1.92. The van der Waals surface area contributed by atoms with Crippen molar-refractivity contribution in [1.29, 1.82) is 0 Å². The molecule has 1 fully saturated rings. The number of nitrogens with one attached hydrogen (secondary N) is 2. The topological polar surface area (TPSA) is 63.2 Å². The second kappa shape index (κ2) is 6.89. The van der Waals surface area contributed by atoms with Gasteiger partial charge in [-0.2, -0.15) is 0 Å². The van der Waals surface area contributed by atoms with Gasteiger partial charge in [0.05, 0.1) is 13.3 Å².